The van der Waals surface area contributed by atoms with Gasteiger partial charge in [0.05, 0.1) is 12.5 Å². The number of fused-ring (bicyclic) bond motifs is 3. The van der Waals surface area contributed by atoms with E-state index >= 15 is 0 Å². The summed E-state index contributed by atoms with van der Waals surface area (Å²) in [5, 5.41) is 9.70. The van der Waals surface area contributed by atoms with Gasteiger partial charge in [0, 0.05) is 29.2 Å². The number of allylic oxidation sites excluding steroid dienone is 1. The maximum Gasteiger partial charge on any atom is 0.334 e. The van der Waals surface area contributed by atoms with Crippen LogP contribution in [0.1, 0.15) is 27.2 Å². The number of aliphatic hydroxyl groups excluding tert-OH is 1. The molecular formula is C20H22O7. The molecule has 0 radical (unpaired) electrons. The number of rotatable bonds is 3. The lowest BCUT2D eigenvalue weighted by molar-refractivity contribution is -0.153. The Kier molecular flexibility index (Phi) is 4.82. The predicted molar refractivity (Wildman–Crippen MR) is 94.2 cm³/mol. The summed E-state index contributed by atoms with van der Waals surface area (Å²) in [6.07, 6.45) is 2.83. The van der Waals surface area contributed by atoms with Crippen LogP contribution in [0.25, 0.3) is 0 Å². The van der Waals surface area contributed by atoms with E-state index in [0.29, 0.717) is 11.1 Å². The van der Waals surface area contributed by atoms with Crippen LogP contribution in [0, 0.1) is 5.92 Å². The third-order valence-corrected chi connectivity index (χ3v) is 5.24. The zero-order chi connectivity index (χ0) is 19.9. The van der Waals surface area contributed by atoms with E-state index < -0.39 is 42.3 Å². The van der Waals surface area contributed by atoms with Crippen molar-refractivity contribution in [1.29, 1.82) is 0 Å². The van der Waals surface area contributed by atoms with Crippen molar-refractivity contribution in [3.8, 4) is 0 Å². The molecule has 0 spiro atoms. The first-order chi connectivity index (χ1) is 12.7. The van der Waals surface area contributed by atoms with Gasteiger partial charge in [-0.05, 0) is 26.8 Å². The van der Waals surface area contributed by atoms with Gasteiger partial charge in [-0.25, -0.2) is 9.59 Å². The fourth-order valence-corrected chi connectivity index (χ4v) is 3.46. The van der Waals surface area contributed by atoms with Crippen molar-refractivity contribution < 1.29 is 33.7 Å². The summed E-state index contributed by atoms with van der Waals surface area (Å²) in [7, 11) is 0. The Labute approximate surface area is 157 Å². The highest BCUT2D eigenvalue weighted by molar-refractivity contribution is 6.00. The van der Waals surface area contributed by atoms with E-state index in [2.05, 4.69) is 6.58 Å². The summed E-state index contributed by atoms with van der Waals surface area (Å²) in [6, 6.07) is 0. The second-order valence-corrected chi connectivity index (χ2v) is 7.10. The molecule has 7 nitrogen and oxygen atoms in total. The monoisotopic (exact) mass is 374 g/mol. The fourth-order valence-electron chi connectivity index (χ4n) is 3.46. The largest absolute Gasteiger partial charge is 0.479 e. The van der Waals surface area contributed by atoms with Crippen molar-refractivity contribution in [3.05, 3.63) is 47.3 Å². The van der Waals surface area contributed by atoms with E-state index in [1.54, 1.807) is 26.8 Å². The van der Waals surface area contributed by atoms with Crippen LogP contribution in [-0.4, -0.2) is 47.2 Å². The van der Waals surface area contributed by atoms with Gasteiger partial charge in [0.15, 0.2) is 5.60 Å². The van der Waals surface area contributed by atoms with Crippen LogP contribution in [0.2, 0.25) is 0 Å². The number of esters is 2. The van der Waals surface area contributed by atoms with Crippen LogP contribution >= 0.6 is 0 Å². The lowest BCUT2D eigenvalue weighted by Crippen LogP contribution is -2.42. The Morgan fingerprint density at radius 2 is 2.19 bits per heavy atom. The number of hydrogen-bond donors (Lipinski definition) is 1. The Hall–Kier alpha value is -2.67. The number of ketones is 1. The minimum atomic E-state index is -1.28. The third kappa shape index (κ3) is 3.23. The lowest BCUT2D eigenvalue weighted by Gasteiger charge is -2.31. The van der Waals surface area contributed by atoms with Crippen molar-refractivity contribution >= 4 is 17.7 Å². The molecular weight excluding hydrogens is 352 g/mol. The molecule has 1 N–H and O–H groups in total. The zero-order valence-electron chi connectivity index (χ0n) is 15.5. The molecule has 0 aromatic rings. The van der Waals surface area contributed by atoms with Gasteiger partial charge in [-0.1, -0.05) is 12.7 Å². The highest BCUT2D eigenvalue weighted by atomic mass is 16.6. The molecule has 4 atom stereocenters. The number of aliphatic hydroxyl groups is 1. The third-order valence-electron chi connectivity index (χ3n) is 5.24. The number of carbonyl (C=O) groups excluding carboxylic acids is 3. The average molecular weight is 374 g/mol. The Morgan fingerprint density at radius 3 is 2.81 bits per heavy atom. The quantitative estimate of drug-likeness (QED) is 0.591. The molecule has 7 heteroatoms. The molecule has 3 aliphatic heterocycles. The summed E-state index contributed by atoms with van der Waals surface area (Å²) in [5.74, 6) is -1.90. The van der Waals surface area contributed by atoms with Gasteiger partial charge in [-0.2, -0.15) is 0 Å². The van der Waals surface area contributed by atoms with Crippen molar-refractivity contribution in [2.24, 2.45) is 5.92 Å². The maximum atomic E-state index is 12.5. The number of ether oxygens (including phenoxy) is 3. The minimum Gasteiger partial charge on any atom is -0.479 e. The predicted octanol–water partition coefficient (Wildman–Crippen LogP) is 1.53. The summed E-state index contributed by atoms with van der Waals surface area (Å²) in [5.41, 5.74) is -0.385. The van der Waals surface area contributed by atoms with Crippen molar-refractivity contribution in [2.45, 2.75) is 45.0 Å². The van der Waals surface area contributed by atoms with Crippen LogP contribution in [0.4, 0.5) is 0 Å². The maximum absolute atomic E-state index is 12.5. The van der Waals surface area contributed by atoms with Crippen LogP contribution in [0.3, 0.4) is 0 Å². The first kappa shape index (κ1) is 19.1. The SMILES string of the molecule is C=C1C(=O)O[C@H]2C=C(CO)C3=CC(=O)C(C)(C[C@H](OC(=O)/C(C)=C/C)[C@@H]12)O3. The highest BCUT2D eigenvalue weighted by Gasteiger charge is 2.52. The van der Waals surface area contributed by atoms with E-state index in [1.807, 2.05) is 0 Å². The minimum absolute atomic E-state index is 0.0257. The topological polar surface area (TPSA) is 99.1 Å². The van der Waals surface area contributed by atoms with Crippen LogP contribution < -0.4 is 0 Å². The molecule has 3 heterocycles. The summed E-state index contributed by atoms with van der Waals surface area (Å²) >= 11 is 0. The summed E-state index contributed by atoms with van der Waals surface area (Å²) < 4.78 is 16.8. The molecule has 3 aliphatic rings. The van der Waals surface area contributed by atoms with E-state index in [9.17, 15) is 19.5 Å². The molecule has 1 saturated heterocycles. The smallest absolute Gasteiger partial charge is 0.334 e. The highest BCUT2D eigenvalue weighted by Crippen LogP contribution is 2.42. The second kappa shape index (κ2) is 6.81. The van der Waals surface area contributed by atoms with E-state index in [-0.39, 0.29) is 23.5 Å². The molecule has 1 unspecified atom stereocenters. The van der Waals surface area contributed by atoms with Gasteiger partial charge in [0.2, 0.25) is 5.78 Å². The van der Waals surface area contributed by atoms with Gasteiger partial charge >= 0.3 is 11.9 Å². The molecule has 0 saturated carbocycles. The Bertz CT molecular complexity index is 816. The lowest BCUT2D eigenvalue weighted by atomic mass is 9.82. The van der Waals surface area contributed by atoms with Crippen LogP contribution in [0.15, 0.2) is 47.3 Å². The van der Waals surface area contributed by atoms with Gasteiger partial charge in [0.25, 0.3) is 0 Å². The summed E-state index contributed by atoms with van der Waals surface area (Å²) in [4.78, 5) is 37.0. The summed E-state index contributed by atoms with van der Waals surface area (Å²) in [6.45, 7) is 8.31. The number of carbonyl (C=O) groups is 3. The van der Waals surface area contributed by atoms with Crippen molar-refractivity contribution in [3.63, 3.8) is 0 Å². The first-order valence-electron chi connectivity index (χ1n) is 8.71. The Morgan fingerprint density at radius 1 is 1.48 bits per heavy atom. The molecule has 0 aromatic heterocycles. The molecule has 3 rings (SSSR count). The molecule has 1 fully saturated rings. The van der Waals surface area contributed by atoms with Gasteiger partial charge < -0.3 is 19.3 Å². The molecule has 27 heavy (non-hydrogen) atoms. The normalized spacial score (nSPS) is 33.1. The zero-order valence-corrected chi connectivity index (χ0v) is 15.5. The van der Waals surface area contributed by atoms with E-state index in [0.717, 1.165) is 0 Å². The van der Waals surface area contributed by atoms with Crippen LogP contribution in [-0.2, 0) is 28.6 Å². The standard InChI is InChI=1S/C20H22O7/c1-5-10(2)18(23)26-15-8-20(4)16(22)7-13(27-20)12(9-21)6-14-17(15)11(3)19(24)25-14/h5-7,14-15,17,21H,3,8-9H2,1-2,4H3/b10-5+,12-6?/t14-,15-,17-,20?/m0/s1. The van der Waals surface area contributed by atoms with E-state index in [1.165, 1.54) is 12.2 Å². The van der Waals surface area contributed by atoms with Crippen molar-refractivity contribution in [1.82, 2.24) is 0 Å². The molecule has 144 valence electrons. The molecule has 0 aromatic carbocycles. The number of hydrogen-bond acceptors (Lipinski definition) is 7. The first-order valence-corrected chi connectivity index (χ1v) is 8.71. The van der Waals surface area contributed by atoms with Gasteiger partial charge in [-0.15, -0.1) is 0 Å². The average Bonchev–Trinajstić information content (AvgIpc) is 3.08. The Balaban J connectivity index is 2.07. The van der Waals surface area contributed by atoms with E-state index in [4.69, 9.17) is 14.2 Å². The van der Waals surface area contributed by atoms with Crippen molar-refractivity contribution in [2.75, 3.05) is 6.61 Å². The molecule has 0 aliphatic carbocycles. The van der Waals surface area contributed by atoms with Gasteiger partial charge in [0.1, 0.15) is 18.0 Å². The molecule has 2 bridgehead atoms. The molecule has 0 amide bonds. The second-order valence-electron chi connectivity index (χ2n) is 7.10. The fraction of sp³-hybridized carbons (Fsp3) is 0.450. The van der Waals surface area contributed by atoms with Gasteiger partial charge in [-0.3, -0.25) is 4.79 Å². The van der Waals surface area contributed by atoms with Crippen LogP contribution in [0.5, 0.6) is 0 Å².